The molecule has 0 aliphatic carbocycles. The van der Waals surface area contributed by atoms with Crippen LogP contribution in [0.5, 0.6) is 0 Å². The summed E-state index contributed by atoms with van der Waals surface area (Å²) in [6.45, 7) is 4.35. The number of carbonyl (C=O) groups is 1. The largest absolute Gasteiger partial charge is 0.478 e. The van der Waals surface area contributed by atoms with Gasteiger partial charge in [-0.15, -0.1) is 0 Å². The van der Waals surface area contributed by atoms with Crippen molar-refractivity contribution in [3.8, 4) is 0 Å². The molecule has 0 fully saturated rings. The normalized spacial score (nSPS) is 13.0. The molecule has 1 heterocycles. The van der Waals surface area contributed by atoms with Crippen LogP contribution in [0.3, 0.4) is 0 Å². The molecule has 2 aromatic carbocycles. The number of aromatic carboxylic acids is 1. The van der Waals surface area contributed by atoms with Crippen molar-refractivity contribution in [2.45, 2.75) is 45.2 Å². The molecule has 1 atom stereocenters. The van der Waals surface area contributed by atoms with E-state index in [1.165, 1.54) is 11.6 Å². The van der Waals surface area contributed by atoms with Crippen LogP contribution in [0.1, 0.15) is 46.6 Å². The average Bonchev–Trinajstić information content (AvgIpc) is 2.77. The summed E-state index contributed by atoms with van der Waals surface area (Å²) in [5.41, 5.74) is 9.51. The molecule has 0 radical (unpaired) electrons. The molecule has 5 nitrogen and oxygen atoms in total. The predicted octanol–water partition coefficient (Wildman–Crippen LogP) is 5.08. The van der Waals surface area contributed by atoms with Crippen LogP contribution in [0, 0.1) is 0 Å². The number of aryl methyl sites for hydroxylation is 2. The van der Waals surface area contributed by atoms with Crippen molar-refractivity contribution in [1.29, 1.82) is 0 Å². The number of hydrogen-bond acceptors (Lipinski definition) is 3. The highest BCUT2D eigenvalue weighted by Gasteiger charge is 2.26. The highest BCUT2D eigenvalue weighted by molar-refractivity contribution is 6.34. The van der Waals surface area contributed by atoms with Gasteiger partial charge in [-0.25, -0.2) is 4.79 Å². The van der Waals surface area contributed by atoms with Gasteiger partial charge in [0.1, 0.15) is 5.02 Å². The zero-order valence-corrected chi connectivity index (χ0v) is 19.6. The SMILES string of the molecule is CCc1cccc(C(C)(N)Cc2c(Cl)cc(Cl)c(=O)n2CCc2ccc(C(=O)O)cc2)c1. The number of carboxylic acids is 1. The highest BCUT2D eigenvalue weighted by Crippen LogP contribution is 2.28. The first kappa shape index (κ1) is 24.1. The first-order chi connectivity index (χ1) is 15.1. The van der Waals surface area contributed by atoms with Crippen molar-refractivity contribution in [1.82, 2.24) is 4.57 Å². The maximum Gasteiger partial charge on any atom is 0.335 e. The third-order valence-corrected chi connectivity index (χ3v) is 6.26. The van der Waals surface area contributed by atoms with Gasteiger partial charge in [-0.2, -0.15) is 0 Å². The van der Waals surface area contributed by atoms with E-state index in [1.54, 1.807) is 28.8 Å². The minimum Gasteiger partial charge on any atom is -0.478 e. The van der Waals surface area contributed by atoms with Crippen molar-refractivity contribution in [3.05, 3.63) is 103 Å². The van der Waals surface area contributed by atoms with Crippen LogP contribution in [0.4, 0.5) is 0 Å². The van der Waals surface area contributed by atoms with E-state index in [2.05, 4.69) is 19.1 Å². The molecule has 0 amide bonds. The van der Waals surface area contributed by atoms with E-state index in [0.717, 1.165) is 17.5 Å². The number of pyridine rings is 1. The minimum atomic E-state index is -0.981. The lowest BCUT2D eigenvalue weighted by molar-refractivity contribution is 0.0697. The zero-order chi connectivity index (χ0) is 23.5. The summed E-state index contributed by atoms with van der Waals surface area (Å²) in [5, 5.41) is 9.50. The lowest BCUT2D eigenvalue weighted by atomic mass is 9.87. The summed E-state index contributed by atoms with van der Waals surface area (Å²) in [6, 6.07) is 16.1. The van der Waals surface area contributed by atoms with E-state index >= 15 is 0 Å². The van der Waals surface area contributed by atoms with E-state index < -0.39 is 11.5 Å². The molecule has 7 heteroatoms. The van der Waals surface area contributed by atoms with E-state index in [9.17, 15) is 9.59 Å². The number of aromatic nitrogens is 1. The standard InChI is InChI=1S/C25H26Cl2N2O3/c1-3-16-5-4-6-19(13-16)25(2,28)15-22-20(26)14-21(27)23(30)29(22)12-11-17-7-9-18(10-8-17)24(31)32/h4-10,13-14H,3,11-12,15,28H2,1-2H3,(H,31,32). The van der Waals surface area contributed by atoms with Crippen LogP contribution in [0.15, 0.2) is 59.4 Å². The van der Waals surface area contributed by atoms with E-state index in [4.69, 9.17) is 34.0 Å². The molecular formula is C25H26Cl2N2O3. The number of nitrogens with two attached hydrogens (primary N) is 1. The van der Waals surface area contributed by atoms with E-state index in [1.807, 2.05) is 19.1 Å². The minimum absolute atomic E-state index is 0.0479. The summed E-state index contributed by atoms with van der Waals surface area (Å²) in [4.78, 5) is 23.9. The molecule has 3 N–H and O–H groups in total. The molecular weight excluding hydrogens is 447 g/mol. The molecule has 0 aliphatic heterocycles. The second-order valence-electron chi connectivity index (χ2n) is 8.14. The Labute approximate surface area is 197 Å². The summed E-state index contributed by atoms with van der Waals surface area (Å²) < 4.78 is 1.57. The van der Waals surface area contributed by atoms with Crippen molar-refractivity contribution in [3.63, 3.8) is 0 Å². The van der Waals surface area contributed by atoms with E-state index in [0.29, 0.717) is 30.1 Å². The molecule has 3 rings (SSSR count). The van der Waals surface area contributed by atoms with Crippen LogP contribution in [0.2, 0.25) is 10.0 Å². The average molecular weight is 473 g/mol. The molecule has 3 aromatic rings. The summed E-state index contributed by atoms with van der Waals surface area (Å²) >= 11 is 12.7. The molecule has 0 spiro atoms. The zero-order valence-electron chi connectivity index (χ0n) is 18.1. The Kier molecular flexibility index (Phi) is 7.44. The number of carboxylic acid groups (broad SMARTS) is 1. The Morgan fingerprint density at radius 2 is 1.75 bits per heavy atom. The van der Waals surface area contributed by atoms with Gasteiger partial charge in [0.25, 0.3) is 5.56 Å². The maximum atomic E-state index is 12.9. The molecule has 1 aromatic heterocycles. The Hall–Kier alpha value is -2.60. The lowest BCUT2D eigenvalue weighted by Gasteiger charge is -2.28. The van der Waals surface area contributed by atoms with Gasteiger partial charge in [0, 0.05) is 24.2 Å². The van der Waals surface area contributed by atoms with Crippen molar-refractivity contribution < 1.29 is 9.90 Å². The topological polar surface area (TPSA) is 85.3 Å². The molecule has 0 saturated carbocycles. The lowest BCUT2D eigenvalue weighted by Crippen LogP contribution is -2.38. The fourth-order valence-electron chi connectivity index (χ4n) is 3.70. The van der Waals surface area contributed by atoms with Crippen molar-refractivity contribution in [2.24, 2.45) is 5.73 Å². The first-order valence-electron chi connectivity index (χ1n) is 10.4. The summed E-state index contributed by atoms with van der Waals surface area (Å²) in [7, 11) is 0. The monoisotopic (exact) mass is 472 g/mol. The molecule has 0 aliphatic rings. The Bertz CT molecular complexity index is 1180. The van der Waals surface area contributed by atoms with Gasteiger partial charge in [-0.05, 0) is 54.7 Å². The predicted molar refractivity (Wildman–Crippen MR) is 129 cm³/mol. The fourth-order valence-corrected chi connectivity index (χ4v) is 4.25. The van der Waals surface area contributed by atoms with Gasteiger partial charge >= 0.3 is 5.97 Å². The Balaban J connectivity index is 1.93. The second-order valence-corrected chi connectivity index (χ2v) is 8.96. The van der Waals surface area contributed by atoms with Crippen LogP contribution in [-0.2, 0) is 31.3 Å². The third kappa shape index (κ3) is 5.41. The van der Waals surface area contributed by atoms with E-state index in [-0.39, 0.29) is 16.1 Å². The molecule has 1 unspecified atom stereocenters. The number of rotatable bonds is 8. The Morgan fingerprint density at radius 3 is 2.38 bits per heavy atom. The fraction of sp³-hybridized carbons (Fsp3) is 0.280. The molecule has 168 valence electrons. The summed E-state index contributed by atoms with van der Waals surface area (Å²) in [6.07, 6.45) is 1.76. The maximum absolute atomic E-state index is 12.9. The number of benzene rings is 2. The third-order valence-electron chi connectivity index (χ3n) is 5.66. The highest BCUT2D eigenvalue weighted by atomic mass is 35.5. The molecule has 0 bridgehead atoms. The first-order valence-corrected chi connectivity index (χ1v) is 11.2. The van der Waals surface area contributed by atoms with Crippen LogP contribution in [0.25, 0.3) is 0 Å². The van der Waals surface area contributed by atoms with Crippen LogP contribution >= 0.6 is 23.2 Å². The number of hydrogen-bond donors (Lipinski definition) is 2. The number of nitrogens with zero attached hydrogens (tertiary/aromatic N) is 1. The van der Waals surface area contributed by atoms with Gasteiger partial charge in [0.2, 0.25) is 0 Å². The van der Waals surface area contributed by atoms with Crippen LogP contribution < -0.4 is 11.3 Å². The molecule has 0 saturated heterocycles. The quantitative estimate of drug-likeness (QED) is 0.478. The van der Waals surface area contributed by atoms with Gasteiger partial charge in [0.05, 0.1) is 10.6 Å². The smallest absolute Gasteiger partial charge is 0.335 e. The van der Waals surface area contributed by atoms with Gasteiger partial charge < -0.3 is 15.4 Å². The summed E-state index contributed by atoms with van der Waals surface area (Å²) in [5.74, 6) is -0.981. The Morgan fingerprint density at radius 1 is 1.06 bits per heavy atom. The number of halogens is 2. The second kappa shape index (κ2) is 9.90. The van der Waals surface area contributed by atoms with Gasteiger partial charge in [0.15, 0.2) is 0 Å². The van der Waals surface area contributed by atoms with Crippen LogP contribution in [-0.4, -0.2) is 15.6 Å². The molecule has 32 heavy (non-hydrogen) atoms. The van der Waals surface area contributed by atoms with Gasteiger partial charge in [-0.3, -0.25) is 4.79 Å². The van der Waals surface area contributed by atoms with Crippen molar-refractivity contribution >= 4 is 29.2 Å². The van der Waals surface area contributed by atoms with Crippen molar-refractivity contribution in [2.75, 3.05) is 0 Å². The van der Waals surface area contributed by atoms with Gasteiger partial charge in [-0.1, -0.05) is 66.5 Å².